The lowest BCUT2D eigenvalue weighted by Gasteiger charge is -2.03. The number of nitrogens with one attached hydrogen (secondary N) is 1. The van der Waals surface area contributed by atoms with Crippen LogP contribution in [0.15, 0.2) is 45.3 Å². The van der Waals surface area contributed by atoms with E-state index in [0.29, 0.717) is 0 Å². The number of halogens is 1. The molecule has 0 bridgehead atoms. The molecule has 3 aromatic rings. The highest BCUT2D eigenvalue weighted by atomic mass is 79.9. The zero-order valence-corrected chi connectivity index (χ0v) is 10.3. The number of hydrogen-bond acceptors (Lipinski definition) is 2. The van der Waals surface area contributed by atoms with Crippen molar-refractivity contribution in [2.45, 2.75) is 0 Å². The predicted molar refractivity (Wildman–Crippen MR) is 71.0 cm³/mol. The van der Waals surface area contributed by atoms with Crippen LogP contribution in [-0.2, 0) is 0 Å². The molecule has 0 aliphatic rings. The molecule has 0 unspecified atom stereocenters. The molecule has 0 aliphatic heterocycles. The molecule has 2 nitrogen and oxygen atoms in total. The molecule has 1 aromatic heterocycles. The molecule has 80 valence electrons. The van der Waals surface area contributed by atoms with Crippen LogP contribution in [0.3, 0.4) is 0 Å². The minimum atomic E-state index is 0.909. The van der Waals surface area contributed by atoms with E-state index in [2.05, 4.69) is 27.3 Å². The molecule has 0 atom stereocenters. The summed E-state index contributed by atoms with van der Waals surface area (Å²) in [5.41, 5.74) is 2.90. The minimum absolute atomic E-state index is 0.909. The van der Waals surface area contributed by atoms with Gasteiger partial charge in [-0.3, -0.25) is 0 Å². The Bertz CT molecular complexity index is 672. The fourth-order valence-electron chi connectivity index (χ4n) is 1.97. The summed E-state index contributed by atoms with van der Waals surface area (Å²) in [5.74, 6) is 0. The monoisotopic (exact) mass is 275 g/mol. The lowest BCUT2D eigenvalue weighted by molar-refractivity contribution is 0.669. The second-order valence-corrected chi connectivity index (χ2v) is 4.44. The first-order chi connectivity index (χ1) is 7.81. The van der Waals surface area contributed by atoms with Gasteiger partial charge in [0, 0.05) is 23.5 Å². The van der Waals surface area contributed by atoms with Gasteiger partial charge in [-0.25, -0.2) is 0 Å². The van der Waals surface area contributed by atoms with Crippen molar-refractivity contribution in [3.05, 3.63) is 40.9 Å². The SMILES string of the molecule is CNc1ccc2oc3ccccc3c2c1Br. The molecule has 1 N–H and O–H groups in total. The van der Waals surface area contributed by atoms with Gasteiger partial charge in [0.05, 0.1) is 4.47 Å². The Kier molecular flexibility index (Phi) is 2.14. The number of benzene rings is 2. The Labute approximate surface area is 101 Å². The number of hydrogen-bond donors (Lipinski definition) is 1. The largest absolute Gasteiger partial charge is 0.456 e. The molecule has 0 saturated carbocycles. The third-order valence-corrected chi connectivity index (χ3v) is 3.57. The molecule has 2 aromatic carbocycles. The number of para-hydroxylation sites is 1. The van der Waals surface area contributed by atoms with Crippen LogP contribution in [-0.4, -0.2) is 7.05 Å². The van der Waals surface area contributed by atoms with Crippen molar-refractivity contribution < 1.29 is 4.42 Å². The van der Waals surface area contributed by atoms with Crippen molar-refractivity contribution in [3.8, 4) is 0 Å². The van der Waals surface area contributed by atoms with Crippen molar-refractivity contribution in [1.82, 2.24) is 0 Å². The van der Waals surface area contributed by atoms with E-state index in [1.807, 2.05) is 37.4 Å². The van der Waals surface area contributed by atoms with Crippen molar-refractivity contribution in [2.24, 2.45) is 0 Å². The molecular formula is C13H10BrNO. The lowest BCUT2D eigenvalue weighted by Crippen LogP contribution is -1.88. The summed E-state index contributed by atoms with van der Waals surface area (Å²) in [6.45, 7) is 0. The predicted octanol–water partition coefficient (Wildman–Crippen LogP) is 4.39. The van der Waals surface area contributed by atoms with E-state index in [-0.39, 0.29) is 0 Å². The number of fused-ring (bicyclic) bond motifs is 3. The zero-order chi connectivity index (χ0) is 11.1. The minimum Gasteiger partial charge on any atom is -0.456 e. The van der Waals surface area contributed by atoms with E-state index in [1.165, 1.54) is 0 Å². The second kappa shape index (κ2) is 3.52. The lowest BCUT2D eigenvalue weighted by atomic mass is 10.1. The van der Waals surface area contributed by atoms with Crippen molar-refractivity contribution in [2.75, 3.05) is 12.4 Å². The number of rotatable bonds is 1. The molecule has 3 heteroatoms. The molecule has 0 saturated heterocycles. The summed E-state index contributed by atoms with van der Waals surface area (Å²) >= 11 is 3.62. The van der Waals surface area contributed by atoms with Crippen molar-refractivity contribution >= 4 is 43.6 Å². The average Bonchev–Trinajstić information content (AvgIpc) is 2.68. The van der Waals surface area contributed by atoms with Gasteiger partial charge >= 0.3 is 0 Å². The smallest absolute Gasteiger partial charge is 0.136 e. The van der Waals surface area contributed by atoms with E-state index in [0.717, 1.165) is 32.1 Å². The standard InChI is InChI=1S/C13H10BrNO/c1-15-9-6-7-11-12(13(9)14)8-4-2-3-5-10(8)16-11/h2-7,15H,1H3. The van der Waals surface area contributed by atoms with Gasteiger partial charge in [0.25, 0.3) is 0 Å². The first-order valence-corrected chi connectivity index (χ1v) is 5.88. The molecular weight excluding hydrogens is 266 g/mol. The molecule has 1 heterocycles. The van der Waals surface area contributed by atoms with Crippen molar-refractivity contribution in [3.63, 3.8) is 0 Å². The van der Waals surface area contributed by atoms with Gasteiger partial charge in [-0.2, -0.15) is 0 Å². The zero-order valence-electron chi connectivity index (χ0n) is 8.75. The normalized spacial score (nSPS) is 11.1. The fourth-order valence-corrected chi connectivity index (χ4v) is 2.71. The van der Waals surface area contributed by atoms with E-state index in [4.69, 9.17) is 4.42 Å². The topological polar surface area (TPSA) is 25.2 Å². The van der Waals surface area contributed by atoms with Crippen LogP contribution in [0.4, 0.5) is 5.69 Å². The molecule has 0 spiro atoms. The van der Waals surface area contributed by atoms with E-state index >= 15 is 0 Å². The Hall–Kier alpha value is -1.48. The second-order valence-electron chi connectivity index (χ2n) is 3.65. The van der Waals surface area contributed by atoms with Gasteiger partial charge in [0.2, 0.25) is 0 Å². The summed E-state index contributed by atoms with van der Waals surface area (Å²) in [4.78, 5) is 0. The summed E-state index contributed by atoms with van der Waals surface area (Å²) < 4.78 is 6.83. The van der Waals surface area contributed by atoms with Gasteiger partial charge in [-0.05, 0) is 34.1 Å². The molecule has 0 aliphatic carbocycles. The van der Waals surface area contributed by atoms with Gasteiger partial charge < -0.3 is 9.73 Å². The van der Waals surface area contributed by atoms with Crippen LogP contribution in [0.1, 0.15) is 0 Å². The summed E-state index contributed by atoms with van der Waals surface area (Å²) in [6, 6.07) is 12.1. The maximum atomic E-state index is 5.77. The van der Waals surface area contributed by atoms with Crippen LogP contribution in [0.25, 0.3) is 21.9 Å². The van der Waals surface area contributed by atoms with Crippen LogP contribution in [0.5, 0.6) is 0 Å². The third kappa shape index (κ3) is 1.25. The Morgan fingerprint density at radius 1 is 1.06 bits per heavy atom. The molecule has 0 amide bonds. The number of furan rings is 1. The Balaban J connectivity index is 2.53. The highest BCUT2D eigenvalue weighted by molar-refractivity contribution is 9.10. The quantitative estimate of drug-likeness (QED) is 0.713. The first kappa shape index (κ1) is 9.73. The molecule has 0 radical (unpaired) electrons. The van der Waals surface area contributed by atoms with Crippen LogP contribution in [0.2, 0.25) is 0 Å². The van der Waals surface area contributed by atoms with E-state index < -0.39 is 0 Å². The summed E-state index contributed by atoms with van der Waals surface area (Å²) in [5, 5.41) is 5.42. The highest BCUT2D eigenvalue weighted by Gasteiger charge is 2.11. The van der Waals surface area contributed by atoms with Crippen LogP contribution in [0, 0.1) is 0 Å². The van der Waals surface area contributed by atoms with Crippen LogP contribution >= 0.6 is 15.9 Å². The Morgan fingerprint density at radius 3 is 2.69 bits per heavy atom. The fraction of sp³-hybridized carbons (Fsp3) is 0.0769. The van der Waals surface area contributed by atoms with E-state index in [1.54, 1.807) is 0 Å². The van der Waals surface area contributed by atoms with Gasteiger partial charge in [0.1, 0.15) is 11.2 Å². The van der Waals surface area contributed by atoms with Crippen LogP contribution < -0.4 is 5.32 Å². The van der Waals surface area contributed by atoms with Crippen molar-refractivity contribution in [1.29, 1.82) is 0 Å². The van der Waals surface area contributed by atoms with Gasteiger partial charge in [-0.1, -0.05) is 18.2 Å². The first-order valence-electron chi connectivity index (χ1n) is 5.09. The highest BCUT2D eigenvalue weighted by Crippen LogP contribution is 2.37. The summed E-state index contributed by atoms with van der Waals surface area (Å²) in [6.07, 6.45) is 0. The maximum absolute atomic E-state index is 5.77. The maximum Gasteiger partial charge on any atom is 0.136 e. The van der Waals surface area contributed by atoms with E-state index in [9.17, 15) is 0 Å². The number of anilines is 1. The molecule has 16 heavy (non-hydrogen) atoms. The van der Waals surface area contributed by atoms with Gasteiger partial charge in [-0.15, -0.1) is 0 Å². The third-order valence-electron chi connectivity index (χ3n) is 2.75. The average molecular weight is 276 g/mol. The van der Waals surface area contributed by atoms with Gasteiger partial charge in [0.15, 0.2) is 0 Å². The summed E-state index contributed by atoms with van der Waals surface area (Å²) in [7, 11) is 1.91. The Morgan fingerprint density at radius 2 is 1.88 bits per heavy atom. The molecule has 3 rings (SSSR count). The molecule has 0 fully saturated rings.